The van der Waals surface area contributed by atoms with E-state index >= 15 is 0 Å². The number of anilines is 2. The maximum atomic E-state index is 13.8. The van der Waals surface area contributed by atoms with Gasteiger partial charge in [0.2, 0.25) is 0 Å². The van der Waals surface area contributed by atoms with Crippen LogP contribution < -0.4 is 5.32 Å². The summed E-state index contributed by atoms with van der Waals surface area (Å²) in [4.78, 5) is 12.8. The summed E-state index contributed by atoms with van der Waals surface area (Å²) in [6.45, 7) is 0. The Balaban J connectivity index is 1.69. The Kier molecular flexibility index (Phi) is 3.92. The van der Waals surface area contributed by atoms with E-state index in [1.54, 1.807) is 24.3 Å². The van der Waals surface area contributed by atoms with Gasteiger partial charge >= 0.3 is 0 Å². The molecule has 5 heteroatoms. The highest BCUT2D eigenvalue weighted by Crippen LogP contribution is 2.30. The molecule has 3 aromatic carbocycles. The Bertz CT molecular complexity index is 1030. The number of hydrogen-bond donors (Lipinski definition) is 2. The van der Waals surface area contributed by atoms with E-state index < -0.39 is 11.6 Å². The number of aromatic hydroxyl groups is 1. The second kappa shape index (κ2) is 6.26. The van der Waals surface area contributed by atoms with E-state index in [1.165, 1.54) is 18.2 Å². The van der Waals surface area contributed by atoms with Gasteiger partial charge in [-0.3, -0.25) is 4.79 Å². The fourth-order valence-corrected chi connectivity index (χ4v) is 3.25. The first-order valence-electron chi connectivity index (χ1n) is 8.23. The smallest absolute Gasteiger partial charge is 0.193 e. The van der Waals surface area contributed by atoms with Gasteiger partial charge in [0.15, 0.2) is 5.78 Å². The van der Waals surface area contributed by atoms with Crippen molar-refractivity contribution in [3.8, 4) is 5.75 Å². The third-order valence-electron chi connectivity index (χ3n) is 4.56. The largest absolute Gasteiger partial charge is 0.508 e. The number of nitrogens with one attached hydrogen (secondary N) is 1. The van der Waals surface area contributed by atoms with Gasteiger partial charge in [0.25, 0.3) is 0 Å². The van der Waals surface area contributed by atoms with Crippen LogP contribution in [0.3, 0.4) is 0 Å². The molecule has 1 aliphatic carbocycles. The molecule has 3 nitrogen and oxygen atoms in total. The fraction of sp³-hybridized carbons (Fsp3) is 0.0952. The van der Waals surface area contributed by atoms with Gasteiger partial charge in [-0.15, -0.1) is 0 Å². The van der Waals surface area contributed by atoms with Crippen LogP contribution in [0.25, 0.3) is 0 Å². The van der Waals surface area contributed by atoms with E-state index in [2.05, 4.69) is 5.32 Å². The van der Waals surface area contributed by atoms with Crippen LogP contribution in [0.15, 0.2) is 54.6 Å². The maximum Gasteiger partial charge on any atom is 0.193 e. The van der Waals surface area contributed by atoms with Crippen LogP contribution in [0.1, 0.15) is 27.0 Å². The number of aryl methyl sites for hydroxylation is 2. The van der Waals surface area contributed by atoms with Gasteiger partial charge in [-0.05, 0) is 66.4 Å². The lowest BCUT2D eigenvalue weighted by Crippen LogP contribution is -2.05. The van der Waals surface area contributed by atoms with Gasteiger partial charge < -0.3 is 10.4 Å². The zero-order valence-corrected chi connectivity index (χ0v) is 13.7. The van der Waals surface area contributed by atoms with Crippen molar-refractivity contribution in [3.05, 3.63) is 88.5 Å². The van der Waals surface area contributed by atoms with Crippen molar-refractivity contribution in [2.45, 2.75) is 12.8 Å². The molecule has 2 N–H and O–H groups in total. The summed E-state index contributed by atoms with van der Waals surface area (Å²) in [7, 11) is 0. The number of phenolic OH excluding ortho intramolecular Hbond substituents is 1. The SMILES string of the molecule is O=C1c2ccc(Nc3ccc(F)cc3F)cc2CCc2ccc(O)cc21. The topological polar surface area (TPSA) is 49.3 Å². The molecule has 0 bridgehead atoms. The molecule has 0 saturated heterocycles. The van der Waals surface area contributed by atoms with Crippen molar-refractivity contribution in [2.75, 3.05) is 5.32 Å². The molecule has 0 aliphatic heterocycles. The van der Waals surface area contributed by atoms with E-state index in [0.717, 1.165) is 17.2 Å². The Morgan fingerprint density at radius 1 is 0.846 bits per heavy atom. The third-order valence-corrected chi connectivity index (χ3v) is 4.56. The number of carbonyl (C=O) groups is 1. The first-order chi connectivity index (χ1) is 12.5. The summed E-state index contributed by atoms with van der Waals surface area (Å²) in [5.41, 5.74) is 3.60. The second-order valence-electron chi connectivity index (χ2n) is 6.29. The molecule has 0 aromatic heterocycles. The summed E-state index contributed by atoms with van der Waals surface area (Å²) in [6, 6.07) is 13.4. The second-order valence-corrected chi connectivity index (χ2v) is 6.29. The average molecular weight is 351 g/mol. The minimum absolute atomic E-state index is 0.0608. The summed E-state index contributed by atoms with van der Waals surface area (Å²) < 4.78 is 26.9. The normalized spacial score (nSPS) is 12.9. The molecule has 0 radical (unpaired) electrons. The number of fused-ring (bicyclic) bond motifs is 2. The molecule has 0 spiro atoms. The van der Waals surface area contributed by atoms with Gasteiger partial charge in [0.05, 0.1) is 5.69 Å². The standard InChI is InChI=1S/C21H15F2NO2/c22-14-4-8-20(19(23)10-14)24-15-5-7-17-13(9-15)2-1-12-3-6-16(25)11-18(12)21(17)26/h3-11,24-25H,1-2H2. The maximum absolute atomic E-state index is 13.8. The van der Waals surface area contributed by atoms with Crippen LogP contribution in [0.4, 0.5) is 20.2 Å². The van der Waals surface area contributed by atoms with E-state index in [-0.39, 0.29) is 17.2 Å². The van der Waals surface area contributed by atoms with Gasteiger partial charge in [-0.2, -0.15) is 0 Å². The number of phenols is 1. The monoisotopic (exact) mass is 351 g/mol. The highest BCUT2D eigenvalue weighted by atomic mass is 19.1. The third kappa shape index (κ3) is 2.92. The highest BCUT2D eigenvalue weighted by Gasteiger charge is 2.22. The van der Waals surface area contributed by atoms with Gasteiger partial charge in [-0.25, -0.2) is 8.78 Å². The molecule has 0 heterocycles. The summed E-state index contributed by atoms with van der Waals surface area (Å²) in [5, 5.41) is 12.6. The quantitative estimate of drug-likeness (QED) is 0.701. The molecule has 0 atom stereocenters. The van der Waals surface area contributed by atoms with Gasteiger partial charge in [0.1, 0.15) is 17.4 Å². The first kappa shape index (κ1) is 16.3. The van der Waals surface area contributed by atoms with Crippen LogP contribution in [0.2, 0.25) is 0 Å². The van der Waals surface area contributed by atoms with E-state index in [1.807, 2.05) is 6.07 Å². The molecule has 0 unspecified atom stereocenters. The van der Waals surface area contributed by atoms with E-state index in [0.29, 0.717) is 29.7 Å². The number of carbonyl (C=O) groups excluding carboxylic acids is 1. The number of benzene rings is 3. The first-order valence-corrected chi connectivity index (χ1v) is 8.23. The van der Waals surface area contributed by atoms with E-state index in [4.69, 9.17) is 0 Å². The van der Waals surface area contributed by atoms with Crippen molar-refractivity contribution in [1.29, 1.82) is 0 Å². The van der Waals surface area contributed by atoms with Crippen molar-refractivity contribution < 1.29 is 18.7 Å². The Morgan fingerprint density at radius 2 is 1.65 bits per heavy atom. The zero-order valence-electron chi connectivity index (χ0n) is 13.7. The van der Waals surface area contributed by atoms with E-state index in [9.17, 15) is 18.7 Å². The molecule has 0 fully saturated rings. The Hall–Kier alpha value is -3.21. The molecule has 0 amide bonds. The van der Waals surface area contributed by atoms with Gasteiger partial charge in [0, 0.05) is 22.9 Å². The average Bonchev–Trinajstić information content (AvgIpc) is 2.75. The molecular weight excluding hydrogens is 336 g/mol. The summed E-state index contributed by atoms with van der Waals surface area (Å²) in [6.07, 6.45) is 1.32. The Morgan fingerprint density at radius 3 is 2.46 bits per heavy atom. The van der Waals surface area contributed by atoms with Gasteiger partial charge in [-0.1, -0.05) is 6.07 Å². The minimum atomic E-state index is -0.682. The van der Waals surface area contributed by atoms with Crippen molar-refractivity contribution in [3.63, 3.8) is 0 Å². The summed E-state index contributed by atoms with van der Waals surface area (Å²) in [5.74, 6) is -1.39. The lowest BCUT2D eigenvalue weighted by atomic mass is 9.98. The molecule has 3 aromatic rings. The van der Waals surface area contributed by atoms with Crippen LogP contribution in [-0.2, 0) is 12.8 Å². The minimum Gasteiger partial charge on any atom is -0.508 e. The number of rotatable bonds is 2. The lowest BCUT2D eigenvalue weighted by Gasteiger charge is -2.11. The molecule has 0 saturated carbocycles. The predicted octanol–water partition coefficient (Wildman–Crippen LogP) is 4.74. The summed E-state index contributed by atoms with van der Waals surface area (Å²) >= 11 is 0. The predicted molar refractivity (Wildman–Crippen MR) is 95.0 cm³/mol. The number of halogens is 2. The van der Waals surface area contributed by atoms with Crippen molar-refractivity contribution in [2.24, 2.45) is 0 Å². The lowest BCUT2D eigenvalue weighted by molar-refractivity contribution is 0.103. The zero-order chi connectivity index (χ0) is 18.3. The van der Waals surface area contributed by atoms with Crippen molar-refractivity contribution >= 4 is 17.2 Å². The van der Waals surface area contributed by atoms with Crippen LogP contribution in [0.5, 0.6) is 5.75 Å². The molecular formula is C21H15F2NO2. The molecule has 130 valence electrons. The highest BCUT2D eigenvalue weighted by molar-refractivity contribution is 6.11. The van der Waals surface area contributed by atoms with Crippen LogP contribution in [-0.4, -0.2) is 10.9 Å². The van der Waals surface area contributed by atoms with Crippen LogP contribution >= 0.6 is 0 Å². The molecule has 1 aliphatic rings. The molecule has 26 heavy (non-hydrogen) atoms. The number of hydrogen-bond acceptors (Lipinski definition) is 3. The van der Waals surface area contributed by atoms with Crippen LogP contribution in [0, 0.1) is 11.6 Å². The molecule has 4 rings (SSSR count). The fourth-order valence-electron chi connectivity index (χ4n) is 3.25. The Labute approximate surface area is 148 Å². The number of ketones is 1. The van der Waals surface area contributed by atoms with Crippen molar-refractivity contribution in [1.82, 2.24) is 0 Å².